The number of carbonyl (C=O) groups excluding carboxylic acids is 1. The lowest BCUT2D eigenvalue weighted by atomic mass is 9.95. The summed E-state index contributed by atoms with van der Waals surface area (Å²) in [7, 11) is 0. The van der Waals surface area contributed by atoms with E-state index in [2.05, 4.69) is 15.6 Å². The van der Waals surface area contributed by atoms with Crippen LogP contribution in [0.2, 0.25) is 0 Å². The predicted octanol–water partition coefficient (Wildman–Crippen LogP) is 1.86. The smallest absolute Gasteiger partial charge is 0.270 e. The molecular weight excluding hydrogens is 250 g/mol. The second-order valence-corrected chi connectivity index (χ2v) is 5.78. The molecule has 0 radical (unpaired) electrons. The van der Waals surface area contributed by atoms with Gasteiger partial charge in [0.25, 0.3) is 5.91 Å². The number of pyridine rings is 1. The first-order valence-corrected chi connectivity index (χ1v) is 7.21. The van der Waals surface area contributed by atoms with Crippen LogP contribution in [0.1, 0.15) is 29.8 Å². The maximum Gasteiger partial charge on any atom is 0.270 e. The summed E-state index contributed by atoms with van der Waals surface area (Å²) in [5.74, 6) is -0.0601. The van der Waals surface area contributed by atoms with Crippen molar-refractivity contribution >= 4 is 16.7 Å². The minimum Gasteiger partial charge on any atom is -0.346 e. The molecule has 2 aliphatic heterocycles. The zero-order valence-corrected chi connectivity index (χ0v) is 11.2. The molecule has 2 bridgehead atoms. The van der Waals surface area contributed by atoms with Gasteiger partial charge in [-0.25, -0.2) is 0 Å². The van der Waals surface area contributed by atoms with Crippen LogP contribution < -0.4 is 10.6 Å². The highest BCUT2D eigenvalue weighted by Gasteiger charge is 2.39. The second-order valence-electron chi connectivity index (χ2n) is 5.78. The third-order valence-electron chi connectivity index (χ3n) is 4.48. The molecule has 1 amide bonds. The SMILES string of the molecule is O=C(NC1CC2CCC1N2)c1cc2ccccc2cn1. The molecule has 0 aliphatic carbocycles. The average Bonchev–Trinajstić information content (AvgIpc) is 3.09. The number of amides is 1. The minimum absolute atomic E-state index is 0.0601. The number of nitrogens with zero attached hydrogens (tertiary/aromatic N) is 1. The summed E-state index contributed by atoms with van der Waals surface area (Å²) >= 11 is 0. The lowest BCUT2D eigenvalue weighted by molar-refractivity contribution is 0.0926. The number of hydrogen-bond donors (Lipinski definition) is 2. The Bertz CT molecular complexity index is 670. The van der Waals surface area contributed by atoms with Gasteiger partial charge in [0, 0.05) is 29.7 Å². The second kappa shape index (κ2) is 4.56. The molecule has 2 saturated heterocycles. The normalized spacial score (nSPS) is 27.9. The number of benzene rings is 1. The van der Waals surface area contributed by atoms with Crippen molar-refractivity contribution in [2.75, 3.05) is 0 Å². The molecule has 4 rings (SSSR count). The molecule has 3 heterocycles. The summed E-state index contributed by atoms with van der Waals surface area (Å²) in [6.45, 7) is 0. The quantitative estimate of drug-likeness (QED) is 0.873. The van der Waals surface area contributed by atoms with Crippen molar-refractivity contribution in [1.82, 2.24) is 15.6 Å². The fraction of sp³-hybridized carbons (Fsp3) is 0.375. The van der Waals surface area contributed by atoms with Gasteiger partial charge in [0.1, 0.15) is 5.69 Å². The Balaban J connectivity index is 1.54. The van der Waals surface area contributed by atoms with Crippen LogP contribution in [0.5, 0.6) is 0 Å². The number of aromatic nitrogens is 1. The van der Waals surface area contributed by atoms with E-state index in [1.807, 2.05) is 30.3 Å². The van der Waals surface area contributed by atoms with E-state index in [1.54, 1.807) is 6.20 Å². The van der Waals surface area contributed by atoms with E-state index in [0.29, 0.717) is 17.8 Å². The molecule has 4 heteroatoms. The van der Waals surface area contributed by atoms with Crippen molar-refractivity contribution in [2.45, 2.75) is 37.4 Å². The van der Waals surface area contributed by atoms with Crippen molar-refractivity contribution < 1.29 is 4.79 Å². The molecule has 20 heavy (non-hydrogen) atoms. The summed E-state index contributed by atoms with van der Waals surface area (Å²) in [5, 5.41) is 8.77. The minimum atomic E-state index is -0.0601. The van der Waals surface area contributed by atoms with Gasteiger partial charge < -0.3 is 10.6 Å². The Kier molecular flexibility index (Phi) is 2.70. The molecule has 4 nitrogen and oxygen atoms in total. The molecule has 2 aromatic rings. The fourth-order valence-electron chi connectivity index (χ4n) is 3.43. The van der Waals surface area contributed by atoms with Gasteiger partial charge in [0.05, 0.1) is 0 Å². The van der Waals surface area contributed by atoms with Crippen molar-refractivity contribution in [3.63, 3.8) is 0 Å². The topological polar surface area (TPSA) is 54.0 Å². The van der Waals surface area contributed by atoms with Gasteiger partial charge in [-0.1, -0.05) is 24.3 Å². The molecule has 3 unspecified atom stereocenters. The predicted molar refractivity (Wildman–Crippen MR) is 77.6 cm³/mol. The van der Waals surface area contributed by atoms with E-state index < -0.39 is 0 Å². The maximum atomic E-state index is 12.3. The first-order valence-electron chi connectivity index (χ1n) is 7.21. The van der Waals surface area contributed by atoms with Crippen LogP contribution >= 0.6 is 0 Å². The highest BCUT2D eigenvalue weighted by Crippen LogP contribution is 2.28. The fourth-order valence-corrected chi connectivity index (χ4v) is 3.43. The summed E-state index contributed by atoms with van der Waals surface area (Å²) in [6.07, 6.45) is 5.22. The van der Waals surface area contributed by atoms with Gasteiger partial charge >= 0.3 is 0 Å². The van der Waals surface area contributed by atoms with Crippen LogP contribution in [0.15, 0.2) is 36.5 Å². The molecule has 2 aliphatic rings. The molecule has 1 aromatic heterocycles. The first-order chi connectivity index (χ1) is 9.79. The van der Waals surface area contributed by atoms with E-state index in [4.69, 9.17) is 0 Å². The Morgan fingerprint density at radius 2 is 2.10 bits per heavy atom. The number of hydrogen-bond acceptors (Lipinski definition) is 3. The first kappa shape index (κ1) is 11.9. The van der Waals surface area contributed by atoms with Crippen molar-refractivity contribution in [2.24, 2.45) is 0 Å². The van der Waals surface area contributed by atoms with Gasteiger partial charge in [-0.15, -0.1) is 0 Å². The molecular formula is C16H17N3O. The third-order valence-corrected chi connectivity index (χ3v) is 4.48. The monoisotopic (exact) mass is 267 g/mol. The molecule has 0 spiro atoms. The highest BCUT2D eigenvalue weighted by atomic mass is 16.2. The lowest BCUT2D eigenvalue weighted by Gasteiger charge is -2.21. The van der Waals surface area contributed by atoms with E-state index in [9.17, 15) is 4.79 Å². The van der Waals surface area contributed by atoms with E-state index in [-0.39, 0.29) is 11.9 Å². The van der Waals surface area contributed by atoms with Crippen LogP contribution in [-0.2, 0) is 0 Å². The molecule has 0 saturated carbocycles. The number of carbonyl (C=O) groups is 1. The van der Waals surface area contributed by atoms with Crippen LogP contribution in [-0.4, -0.2) is 29.0 Å². The summed E-state index contributed by atoms with van der Waals surface area (Å²) < 4.78 is 0. The highest BCUT2D eigenvalue weighted by molar-refractivity contribution is 5.96. The van der Waals surface area contributed by atoms with Gasteiger partial charge in [0.2, 0.25) is 0 Å². The van der Waals surface area contributed by atoms with Crippen LogP contribution in [0.4, 0.5) is 0 Å². The number of nitrogens with one attached hydrogen (secondary N) is 2. The third kappa shape index (κ3) is 1.96. The maximum absolute atomic E-state index is 12.3. The Morgan fingerprint density at radius 3 is 2.85 bits per heavy atom. The Morgan fingerprint density at radius 1 is 1.25 bits per heavy atom. The standard InChI is InChI=1S/C16H17N3O/c20-16(19-14-8-12-5-6-13(14)18-12)15-7-10-3-1-2-4-11(10)9-17-15/h1-4,7,9,12-14,18H,5-6,8H2,(H,19,20). The Labute approximate surface area is 117 Å². The van der Waals surface area contributed by atoms with Gasteiger partial charge in [-0.3, -0.25) is 9.78 Å². The molecule has 1 aromatic carbocycles. The zero-order valence-electron chi connectivity index (χ0n) is 11.2. The van der Waals surface area contributed by atoms with E-state index in [0.717, 1.165) is 17.2 Å². The summed E-state index contributed by atoms with van der Waals surface area (Å²) in [4.78, 5) is 16.6. The van der Waals surface area contributed by atoms with Gasteiger partial charge in [-0.2, -0.15) is 0 Å². The van der Waals surface area contributed by atoms with Crippen molar-refractivity contribution in [3.8, 4) is 0 Å². The van der Waals surface area contributed by atoms with Crippen molar-refractivity contribution in [3.05, 3.63) is 42.2 Å². The van der Waals surface area contributed by atoms with Crippen molar-refractivity contribution in [1.29, 1.82) is 0 Å². The van der Waals surface area contributed by atoms with Crippen LogP contribution in [0, 0.1) is 0 Å². The summed E-state index contributed by atoms with van der Waals surface area (Å²) in [5.41, 5.74) is 0.506. The Hall–Kier alpha value is -1.94. The molecule has 2 N–H and O–H groups in total. The molecule has 102 valence electrons. The molecule has 3 atom stereocenters. The van der Waals surface area contributed by atoms with Crippen LogP contribution in [0.3, 0.4) is 0 Å². The number of fused-ring (bicyclic) bond motifs is 3. The van der Waals surface area contributed by atoms with Gasteiger partial charge in [0.15, 0.2) is 0 Å². The lowest BCUT2D eigenvalue weighted by Crippen LogP contribution is -2.43. The van der Waals surface area contributed by atoms with Crippen LogP contribution in [0.25, 0.3) is 10.8 Å². The van der Waals surface area contributed by atoms with E-state index >= 15 is 0 Å². The largest absolute Gasteiger partial charge is 0.346 e. The van der Waals surface area contributed by atoms with Gasteiger partial charge in [-0.05, 0) is 30.7 Å². The number of rotatable bonds is 2. The zero-order chi connectivity index (χ0) is 13.5. The average molecular weight is 267 g/mol. The molecule has 2 fully saturated rings. The van der Waals surface area contributed by atoms with E-state index in [1.165, 1.54) is 12.8 Å². The summed E-state index contributed by atoms with van der Waals surface area (Å²) in [6, 6.07) is 11.1.